The molecule has 15 heavy (non-hydrogen) atoms. The molecule has 1 N–H and O–H groups in total. The van der Waals surface area contributed by atoms with Crippen molar-refractivity contribution in [1.82, 2.24) is 15.5 Å². The lowest BCUT2D eigenvalue weighted by molar-refractivity contribution is 0.323. The van der Waals surface area contributed by atoms with Crippen molar-refractivity contribution in [2.24, 2.45) is 5.92 Å². The molecular formula is C11H19N3O. The van der Waals surface area contributed by atoms with Crippen LogP contribution in [0, 0.1) is 12.8 Å². The number of nitrogens with one attached hydrogen (secondary N) is 1. The van der Waals surface area contributed by atoms with E-state index in [9.17, 15) is 0 Å². The number of rotatable bonds is 4. The van der Waals surface area contributed by atoms with Crippen molar-refractivity contribution in [3.05, 3.63) is 11.7 Å². The fraction of sp³-hybridized carbons (Fsp3) is 0.818. The summed E-state index contributed by atoms with van der Waals surface area (Å²) in [6.07, 6.45) is 6.95. The first kappa shape index (κ1) is 10.6. The average Bonchev–Trinajstić information content (AvgIpc) is 2.66. The lowest BCUT2D eigenvalue weighted by atomic mass is 9.89. The molecule has 1 aliphatic carbocycles. The molecule has 1 fully saturated rings. The van der Waals surface area contributed by atoms with E-state index in [4.69, 9.17) is 4.52 Å². The van der Waals surface area contributed by atoms with E-state index >= 15 is 0 Å². The summed E-state index contributed by atoms with van der Waals surface area (Å²) in [7, 11) is 0. The van der Waals surface area contributed by atoms with Gasteiger partial charge < -0.3 is 9.84 Å². The van der Waals surface area contributed by atoms with Gasteiger partial charge in [0.2, 0.25) is 5.89 Å². The van der Waals surface area contributed by atoms with Crippen LogP contribution in [-0.4, -0.2) is 16.7 Å². The molecule has 0 saturated heterocycles. The van der Waals surface area contributed by atoms with Crippen molar-refractivity contribution in [3.63, 3.8) is 0 Å². The number of aryl methyl sites for hydroxylation is 1. The number of hydrogen-bond donors (Lipinski definition) is 1. The first-order valence-electron chi connectivity index (χ1n) is 5.84. The van der Waals surface area contributed by atoms with Crippen LogP contribution in [0.2, 0.25) is 0 Å². The minimum Gasteiger partial charge on any atom is -0.338 e. The van der Waals surface area contributed by atoms with Crippen molar-refractivity contribution < 1.29 is 4.52 Å². The quantitative estimate of drug-likeness (QED) is 0.824. The minimum atomic E-state index is 0.698. The number of aromatic nitrogens is 2. The van der Waals surface area contributed by atoms with Gasteiger partial charge in [0.1, 0.15) is 0 Å². The van der Waals surface area contributed by atoms with Crippen LogP contribution in [0.5, 0.6) is 0 Å². The summed E-state index contributed by atoms with van der Waals surface area (Å²) in [6, 6.07) is 0. The summed E-state index contributed by atoms with van der Waals surface area (Å²) in [5.41, 5.74) is 0. The fourth-order valence-electron chi connectivity index (χ4n) is 2.19. The maximum atomic E-state index is 5.03. The summed E-state index contributed by atoms with van der Waals surface area (Å²) >= 11 is 0. The topological polar surface area (TPSA) is 51.0 Å². The lowest BCUT2D eigenvalue weighted by Crippen LogP contribution is -2.24. The monoisotopic (exact) mass is 209 g/mol. The molecule has 0 unspecified atom stereocenters. The van der Waals surface area contributed by atoms with E-state index in [0.717, 1.165) is 12.5 Å². The van der Waals surface area contributed by atoms with Crippen molar-refractivity contribution in [3.8, 4) is 0 Å². The minimum absolute atomic E-state index is 0.698. The molecular weight excluding hydrogens is 190 g/mol. The van der Waals surface area contributed by atoms with Gasteiger partial charge in [0.25, 0.3) is 0 Å². The van der Waals surface area contributed by atoms with Gasteiger partial charge in [-0.2, -0.15) is 4.98 Å². The molecule has 0 aromatic carbocycles. The van der Waals surface area contributed by atoms with Gasteiger partial charge in [0.15, 0.2) is 5.82 Å². The summed E-state index contributed by atoms with van der Waals surface area (Å²) in [5.74, 6) is 2.26. The SMILES string of the molecule is Cc1noc(CNCC2CCCCC2)n1. The predicted octanol–water partition coefficient (Wildman–Crippen LogP) is 2.05. The van der Waals surface area contributed by atoms with E-state index < -0.39 is 0 Å². The molecule has 1 aromatic heterocycles. The van der Waals surface area contributed by atoms with Crippen molar-refractivity contribution in [2.75, 3.05) is 6.54 Å². The standard InChI is InChI=1S/C11H19N3O/c1-9-13-11(15-14-9)8-12-7-10-5-3-2-4-6-10/h10,12H,2-8H2,1H3. The molecule has 1 saturated carbocycles. The van der Waals surface area contributed by atoms with Gasteiger partial charge in [-0.1, -0.05) is 24.4 Å². The van der Waals surface area contributed by atoms with Crippen LogP contribution in [0.1, 0.15) is 43.8 Å². The Morgan fingerprint density at radius 3 is 2.80 bits per heavy atom. The Labute approximate surface area is 90.4 Å². The van der Waals surface area contributed by atoms with Gasteiger partial charge in [0, 0.05) is 0 Å². The third-order valence-electron chi connectivity index (χ3n) is 3.00. The van der Waals surface area contributed by atoms with Crippen LogP contribution in [0.3, 0.4) is 0 Å². The molecule has 0 amide bonds. The first-order chi connectivity index (χ1) is 7.34. The van der Waals surface area contributed by atoms with Gasteiger partial charge in [-0.05, 0) is 32.2 Å². The highest BCUT2D eigenvalue weighted by Crippen LogP contribution is 2.22. The zero-order valence-electron chi connectivity index (χ0n) is 9.33. The van der Waals surface area contributed by atoms with E-state index in [1.54, 1.807) is 0 Å². The van der Waals surface area contributed by atoms with E-state index in [1.165, 1.54) is 32.1 Å². The molecule has 0 bridgehead atoms. The molecule has 4 heteroatoms. The molecule has 84 valence electrons. The Morgan fingerprint density at radius 1 is 1.33 bits per heavy atom. The van der Waals surface area contributed by atoms with E-state index in [1.807, 2.05) is 6.92 Å². The van der Waals surface area contributed by atoms with Crippen LogP contribution in [0.15, 0.2) is 4.52 Å². The Balaban J connectivity index is 1.65. The summed E-state index contributed by atoms with van der Waals surface area (Å²) in [4.78, 5) is 4.15. The highest BCUT2D eigenvalue weighted by Gasteiger charge is 2.13. The zero-order valence-corrected chi connectivity index (χ0v) is 9.33. The van der Waals surface area contributed by atoms with Crippen molar-refractivity contribution in [2.45, 2.75) is 45.6 Å². The van der Waals surface area contributed by atoms with Crippen LogP contribution in [0.25, 0.3) is 0 Å². The van der Waals surface area contributed by atoms with Gasteiger partial charge in [-0.15, -0.1) is 0 Å². The summed E-state index contributed by atoms with van der Waals surface area (Å²) in [5, 5.41) is 7.14. The molecule has 0 atom stereocenters. The molecule has 1 heterocycles. The Hall–Kier alpha value is -0.900. The van der Waals surface area contributed by atoms with Gasteiger partial charge in [-0.25, -0.2) is 0 Å². The summed E-state index contributed by atoms with van der Waals surface area (Å²) in [6.45, 7) is 3.63. The Morgan fingerprint density at radius 2 is 2.13 bits per heavy atom. The molecule has 4 nitrogen and oxygen atoms in total. The van der Waals surface area contributed by atoms with Crippen LogP contribution in [0.4, 0.5) is 0 Å². The van der Waals surface area contributed by atoms with E-state index in [-0.39, 0.29) is 0 Å². The second-order valence-corrected chi connectivity index (χ2v) is 4.37. The maximum absolute atomic E-state index is 5.03. The van der Waals surface area contributed by atoms with Crippen LogP contribution < -0.4 is 5.32 Å². The molecule has 1 aliphatic rings. The van der Waals surface area contributed by atoms with Gasteiger partial charge >= 0.3 is 0 Å². The molecule has 0 spiro atoms. The summed E-state index contributed by atoms with van der Waals surface area (Å²) < 4.78 is 5.03. The third-order valence-corrected chi connectivity index (χ3v) is 3.00. The largest absolute Gasteiger partial charge is 0.338 e. The number of nitrogens with zero attached hydrogens (tertiary/aromatic N) is 2. The zero-order chi connectivity index (χ0) is 10.5. The van der Waals surface area contributed by atoms with Gasteiger partial charge in [0.05, 0.1) is 6.54 Å². The average molecular weight is 209 g/mol. The fourth-order valence-corrected chi connectivity index (χ4v) is 2.19. The Bertz CT molecular complexity index is 292. The second kappa shape index (κ2) is 5.26. The molecule has 0 aliphatic heterocycles. The number of hydrogen-bond acceptors (Lipinski definition) is 4. The van der Waals surface area contributed by atoms with Crippen molar-refractivity contribution >= 4 is 0 Å². The highest BCUT2D eigenvalue weighted by atomic mass is 16.5. The maximum Gasteiger partial charge on any atom is 0.240 e. The van der Waals surface area contributed by atoms with Crippen molar-refractivity contribution in [1.29, 1.82) is 0 Å². The highest BCUT2D eigenvalue weighted by molar-refractivity contribution is 4.82. The smallest absolute Gasteiger partial charge is 0.240 e. The molecule has 2 rings (SSSR count). The normalized spacial score (nSPS) is 18.2. The van der Waals surface area contributed by atoms with Crippen LogP contribution >= 0.6 is 0 Å². The van der Waals surface area contributed by atoms with Crippen LogP contribution in [-0.2, 0) is 6.54 Å². The second-order valence-electron chi connectivity index (χ2n) is 4.37. The third kappa shape index (κ3) is 3.30. The van der Waals surface area contributed by atoms with Gasteiger partial charge in [-0.3, -0.25) is 0 Å². The van der Waals surface area contributed by atoms with E-state index in [0.29, 0.717) is 18.3 Å². The predicted molar refractivity (Wildman–Crippen MR) is 57.3 cm³/mol. The first-order valence-corrected chi connectivity index (χ1v) is 5.84. The lowest BCUT2D eigenvalue weighted by Gasteiger charge is -2.21. The van der Waals surface area contributed by atoms with E-state index in [2.05, 4.69) is 15.5 Å². The molecule has 0 radical (unpaired) electrons. The Kier molecular flexibility index (Phi) is 3.72. The molecule has 1 aromatic rings.